The number of halogens is 1. The van der Waals surface area contributed by atoms with Gasteiger partial charge in [-0.25, -0.2) is 10.2 Å². The van der Waals surface area contributed by atoms with Gasteiger partial charge in [0.05, 0.1) is 5.69 Å². The third kappa shape index (κ3) is 3.38. The van der Waals surface area contributed by atoms with Crippen molar-refractivity contribution >= 4 is 58.7 Å². The monoisotopic (exact) mass is 339 g/mol. The summed E-state index contributed by atoms with van der Waals surface area (Å²) in [6.07, 6.45) is 0.979. The Kier molecular flexibility index (Phi) is 4.68. The Bertz CT molecular complexity index is 676. The smallest absolute Gasteiger partial charge is 0.332 e. The van der Waals surface area contributed by atoms with E-state index in [0.29, 0.717) is 10.7 Å². The highest BCUT2D eigenvalue weighted by molar-refractivity contribution is 7.80. The van der Waals surface area contributed by atoms with E-state index < -0.39 is 23.8 Å². The van der Waals surface area contributed by atoms with Crippen LogP contribution in [0, 0.1) is 5.92 Å². The summed E-state index contributed by atoms with van der Waals surface area (Å²) in [4.78, 5) is 35.9. The molecule has 0 spiro atoms. The van der Waals surface area contributed by atoms with E-state index in [4.69, 9.17) is 29.6 Å². The summed E-state index contributed by atoms with van der Waals surface area (Å²) >= 11 is 10.8. The van der Waals surface area contributed by atoms with Crippen molar-refractivity contribution in [3.63, 3.8) is 0 Å². The number of benzene rings is 1. The van der Waals surface area contributed by atoms with Gasteiger partial charge in [-0.1, -0.05) is 11.6 Å². The van der Waals surface area contributed by atoms with E-state index in [1.54, 1.807) is 24.3 Å². The van der Waals surface area contributed by atoms with Crippen molar-refractivity contribution < 1.29 is 14.4 Å². The molecule has 1 fully saturated rings. The standard InChI is InChI=1S/C12H10ClN5O3S/c13-6-1-3-7(4-2-6)18-10(20)8(5-15-17-11(14)21)9(19)16-12(18)22/h1-5,8H,(H3,14,17,21)(H,16,19,22)/b15-5-/t8-/m1/s1. The van der Waals surface area contributed by atoms with Crippen LogP contribution >= 0.6 is 23.8 Å². The Balaban J connectivity index is 2.27. The topological polar surface area (TPSA) is 117 Å². The molecule has 2 rings (SSSR count). The normalized spacial score (nSPS) is 18.5. The molecule has 1 aromatic rings. The van der Waals surface area contributed by atoms with Gasteiger partial charge in [0.1, 0.15) is 0 Å². The van der Waals surface area contributed by atoms with Crippen LogP contribution in [0.3, 0.4) is 0 Å². The van der Waals surface area contributed by atoms with E-state index >= 15 is 0 Å². The second-order valence-corrected chi connectivity index (χ2v) is 5.00. The van der Waals surface area contributed by atoms with Gasteiger partial charge in [0, 0.05) is 11.2 Å². The molecule has 1 aliphatic rings. The number of hydrogen-bond acceptors (Lipinski definition) is 5. The highest BCUT2D eigenvalue weighted by atomic mass is 35.5. The zero-order chi connectivity index (χ0) is 16.3. The Hall–Kier alpha value is -2.52. The third-order valence-corrected chi connectivity index (χ3v) is 3.22. The molecule has 4 N–H and O–H groups in total. The zero-order valence-electron chi connectivity index (χ0n) is 10.9. The third-order valence-electron chi connectivity index (χ3n) is 2.69. The highest BCUT2D eigenvalue weighted by Gasteiger charge is 2.38. The van der Waals surface area contributed by atoms with E-state index in [-0.39, 0.29) is 5.11 Å². The predicted molar refractivity (Wildman–Crippen MR) is 84.4 cm³/mol. The zero-order valence-corrected chi connectivity index (χ0v) is 12.5. The molecule has 10 heteroatoms. The number of amides is 4. The molecule has 0 radical (unpaired) electrons. The Morgan fingerprint density at radius 3 is 2.64 bits per heavy atom. The van der Waals surface area contributed by atoms with Crippen molar-refractivity contribution in [3.05, 3.63) is 29.3 Å². The van der Waals surface area contributed by atoms with Gasteiger partial charge in [-0.3, -0.25) is 14.5 Å². The fraction of sp³-hybridized carbons (Fsp3) is 0.0833. The van der Waals surface area contributed by atoms with Crippen LogP contribution < -0.4 is 21.4 Å². The van der Waals surface area contributed by atoms with Crippen molar-refractivity contribution in [3.8, 4) is 0 Å². The first-order valence-electron chi connectivity index (χ1n) is 5.93. The summed E-state index contributed by atoms with van der Waals surface area (Å²) in [6.45, 7) is 0. The van der Waals surface area contributed by atoms with E-state index in [0.717, 1.165) is 11.1 Å². The number of rotatable bonds is 3. The fourth-order valence-corrected chi connectivity index (χ4v) is 2.15. The summed E-state index contributed by atoms with van der Waals surface area (Å²) in [5, 5.41) is 6.27. The number of carbonyl (C=O) groups is 3. The first kappa shape index (κ1) is 15.9. The number of hydrogen-bond donors (Lipinski definition) is 3. The van der Waals surface area contributed by atoms with E-state index in [2.05, 4.69) is 10.4 Å². The average Bonchev–Trinajstić information content (AvgIpc) is 2.44. The Morgan fingerprint density at radius 2 is 2.05 bits per heavy atom. The largest absolute Gasteiger partial charge is 0.350 e. The Labute approximate surface area is 135 Å². The molecule has 0 unspecified atom stereocenters. The number of primary amides is 1. The molecule has 0 aliphatic carbocycles. The summed E-state index contributed by atoms with van der Waals surface area (Å²) in [5.41, 5.74) is 7.20. The Morgan fingerprint density at radius 1 is 1.41 bits per heavy atom. The van der Waals surface area contributed by atoms with Crippen LogP contribution in [0.1, 0.15) is 0 Å². The van der Waals surface area contributed by atoms with Gasteiger partial charge in [-0.2, -0.15) is 5.10 Å². The number of nitrogens with zero attached hydrogens (tertiary/aromatic N) is 2. The van der Waals surface area contributed by atoms with Crippen molar-refractivity contribution in [2.24, 2.45) is 16.8 Å². The second-order valence-electron chi connectivity index (χ2n) is 4.18. The number of urea groups is 1. The van der Waals surface area contributed by atoms with Crippen LogP contribution in [0.2, 0.25) is 5.02 Å². The second kappa shape index (κ2) is 6.50. The summed E-state index contributed by atoms with van der Waals surface area (Å²) in [7, 11) is 0. The van der Waals surface area contributed by atoms with Crippen LogP contribution in [0.4, 0.5) is 10.5 Å². The lowest BCUT2D eigenvalue weighted by Gasteiger charge is -2.30. The number of nitrogens with two attached hydrogens (primary N) is 1. The number of anilines is 1. The van der Waals surface area contributed by atoms with Gasteiger partial charge in [0.2, 0.25) is 5.91 Å². The molecular formula is C12H10ClN5O3S. The first-order chi connectivity index (χ1) is 10.4. The molecule has 1 aromatic carbocycles. The predicted octanol–water partition coefficient (Wildman–Crippen LogP) is 0.358. The molecule has 4 amide bonds. The quantitative estimate of drug-likeness (QED) is 0.319. The minimum absolute atomic E-state index is 0.0511. The molecule has 0 bridgehead atoms. The van der Waals surface area contributed by atoms with E-state index in [1.807, 2.05) is 5.43 Å². The molecular weight excluding hydrogens is 330 g/mol. The molecule has 1 heterocycles. The number of hydrazone groups is 1. The number of thiocarbonyl (C=S) groups is 1. The van der Waals surface area contributed by atoms with Crippen LogP contribution in [0.5, 0.6) is 0 Å². The summed E-state index contributed by atoms with van der Waals surface area (Å²) in [6, 6.07) is 5.42. The van der Waals surface area contributed by atoms with Crippen molar-refractivity contribution in [1.82, 2.24) is 10.7 Å². The average molecular weight is 340 g/mol. The van der Waals surface area contributed by atoms with Crippen molar-refractivity contribution in [2.75, 3.05) is 4.90 Å². The summed E-state index contributed by atoms with van der Waals surface area (Å²) in [5.74, 6) is -2.49. The minimum Gasteiger partial charge on any atom is -0.350 e. The van der Waals surface area contributed by atoms with Gasteiger partial charge in [-0.15, -0.1) is 0 Å². The maximum Gasteiger partial charge on any atom is 0.332 e. The first-order valence-corrected chi connectivity index (χ1v) is 6.72. The lowest BCUT2D eigenvalue weighted by molar-refractivity contribution is -0.130. The molecule has 8 nitrogen and oxygen atoms in total. The number of nitrogens with one attached hydrogen (secondary N) is 2. The van der Waals surface area contributed by atoms with Crippen molar-refractivity contribution in [2.45, 2.75) is 0 Å². The maximum absolute atomic E-state index is 12.4. The fourth-order valence-electron chi connectivity index (χ4n) is 1.73. The molecule has 0 aromatic heterocycles. The van der Waals surface area contributed by atoms with E-state index in [9.17, 15) is 14.4 Å². The van der Waals surface area contributed by atoms with E-state index in [1.165, 1.54) is 0 Å². The van der Waals surface area contributed by atoms with Crippen LogP contribution in [-0.4, -0.2) is 29.2 Å². The van der Waals surface area contributed by atoms with Crippen LogP contribution in [0.25, 0.3) is 0 Å². The van der Waals surface area contributed by atoms with Gasteiger partial charge in [0.25, 0.3) is 5.91 Å². The molecule has 1 saturated heterocycles. The van der Waals surface area contributed by atoms with Gasteiger partial charge >= 0.3 is 6.03 Å². The van der Waals surface area contributed by atoms with Crippen LogP contribution in [0.15, 0.2) is 29.4 Å². The molecule has 114 valence electrons. The van der Waals surface area contributed by atoms with Gasteiger partial charge in [0.15, 0.2) is 11.0 Å². The lowest BCUT2D eigenvalue weighted by Crippen LogP contribution is -2.58. The molecule has 1 aliphatic heterocycles. The molecule has 1 atom stereocenters. The van der Waals surface area contributed by atoms with Gasteiger partial charge < -0.3 is 11.1 Å². The molecule has 0 saturated carbocycles. The van der Waals surface area contributed by atoms with Gasteiger partial charge in [-0.05, 0) is 36.5 Å². The van der Waals surface area contributed by atoms with Crippen LogP contribution in [-0.2, 0) is 9.59 Å². The highest BCUT2D eigenvalue weighted by Crippen LogP contribution is 2.22. The number of carbonyl (C=O) groups excluding carboxylic acids is 3. The minimum atomic E-state index is -1.24. The molecule has 22 heavy (non-hydrogen) atoms. The lowest BCUT2D eigenvalue weighted by atomic mass is 10.1. The SMILES string of the molecule is NC(=O)N/N=C\[C@@H]1C(=O)NC(=S)N(c2ccc(Cl)cc2)C1=O. The maximum atomic E-state index is 12.4. The summed E-state index contributed by atoms with van der Waals surface area (Å²) < 4.78 is 0. The van der Waals surface area contributed by atoms with Crippen molar-refractivity contribution in [1.29, 1.82) is 0 Å².